The summed E-state index contributed by atoms with van der Waals surface area (Å²) in [4.78, 5) is 32.7. The minimum Gasteiger partial charge on any atom is -0.448 e. The summed E-state index contributed by atoms with van der Waals surface area (Å²) < 4.78 is 5.48. The number of carbonyl (C=O) groups excluding carboxylic acids is 2. The second kappa shape index (κ2) is 6.91. The van der Waals surface area contributed by atoms with E-state index in [0.717, 1.165) is 34.3 Å². The summed E-state index contributed by atoms with van der Waals surface area (Å²) in [5, 5.41) is 0.773. The Hall–Kier alpha value is -2.93. The highest BCUT2D eigenvalue weighted by molar-refractivity contribution is 7.21. The number of esters is 1. The Bertz CT molecular complexity index is 1110. The van der Waals surface area contributed by atoms with Gasteiger partial charge in [-0.3, -0.25) is 4.79 Å². The number of thiophene rings is 1. The first-order valence-corrected chi connectivity index (χ1v) is 9.95. The van der Waals surface area contributed by atoms with Gasteiger partial charge >= 0.3 is 5.97 Å². The van der Waals surface area contributed by atoms with Crippen molar-refractivity contribution in [2.75, 3.05) is 17.2 Å². The van der Waals surface area contributed by atoms with Gasteiger partial charge < -0.3 is 15.4 Å². The fourth-order valence-electron chi connectivity index (χ4n) is 3.67. The number of aromatic nitrogens is 1. The minimum absolute atomic E-state index is 0.233. The second-order valence-electron chi connectivity index (χ2n) is 7.02. The first-order chi connectivity index (χ1) is 13.4. The molecule has 0 aliphatic carbocycles. The number of ether oxygens (including phenoxy) is 1. The Balaban J connectivity index is 1.56. The lowest BCUT2D eigenvalue weighted by Gasteiger charge is -2.21. The monoisotopic (exact) mass is 395 g/mol. The second-order valence-corrected chi connectivity index (χ2v) is 8.02. The lowest BCUT2D eigenvalue weighted by atomic mass is 10.1. The van der Waals surface area contributed by atoms with Crippen LogP contribution in [0.4, 0.5) is 11.4 Å². The average molecular weight is 395 g/mol. The molecule has 0 bridgehead atoms. The van der Waals surface area contributed by atoms with E-state index in [1.54, 1.807) is 11.8 Å². The summed E-state index contributed by atoms with van der Waals surface area (Å²) in [6.07, 6.45) is -0.102. The zero-order chi connectivity index (χ0) is 20.0. The van der Waals surface area contributed by atoms with Gasteiger partial charge in [-0.15, -0.1) is 11.3 Å². The number of rotatable bonds is 3. The van der Waals surface area contributed by atoms with Crippen LogP contribution in [-0.4, -0.2) is 29.5 Å². The fraction of sp³-hybridized carbons (Fsp3) is 0.286. The lowest BCUT2D eigenvalue weighted by Crippen LogP contribution is -2.39. The van der Waals surface area contributed by atoms with E-state index < -0.39 is 12.1 Å². The summed E-state index contributed by atoms with van der Waals surface area (Å²) in [6, 6.07) is 9.70. The normalized spacial score (nSPS) is 14.2. The summed E-state index contributed by atoms with van der Waals surface area (Å²) in [5.41, 5.74) is 10.4. The standard InChI is InChI=1S/C21H21N3O3S/c1-11-10-12(2)23-19-16(11)17(22)18(28-19)21(26)27-13(3)20(25)24-9-8-14-6-4-5-7-15(14)24/h4-7,10,13H,8-9,22H2,1-3H3. The Morgan fingerprint density at radius 1 is 1.29 bits per heavy atom. The molecule has 1 aromatic carbocycles. The molecule has 1 aliphatic heterocycles. The van der Waals surface area contributed by atoms with Crippen LogP contribution >= 0.6 is 11.3 Å². The lowest BCUT2D eigenvalue weighted by molar-refractivity contribution is -0.126. The highest BCUT2D eigenvalue weighted by Gasteiger charge is 2.31. The number of hydrogen-bond acceptors (Lipinski definition) is 6. The third-order valence-electron chi connectivity index (χ3n) is 4.99. The van der Waals surface area contributed by atoms with E-state index in [0.29, 0.717) is 17.1 Å². The fourth-order valence-corrected chi connectivity index (χ4v) is 4.77. The van der Waals surface area contributed by atoms with E-state index in [-0.39, 0.29) is 10.8 Å². The number of anilines is 2. The largest absolute Gasteiger partial charge is 0.448 e. The van der Waals surface area contributed by atoms with Crippen molar-refractivity contribution < 1.29 is 14.3 Å². The van der Waals surface area contributed by atoms with E-state index in [1.807, 2.05) is 44.2 Å². The first-order valence-electron chi connectivity index (χ1n) is 9.13. The number of nitrogens with zero attached hydrogens (tertiary/aromatic N) is 2. The van der Waals surface area contributed by atoms with Crippen molar-refractivity contribution in [1.82, 2.24) is 4.98 Å². The van der Waals surface area contributed by atoms with E-state index in [9.17, 15) is 9.59 Å². The third-order valence-corrected chi connectivity index (χ3v) is 6.07. The molecule has 1 atom stereocenters. The molecule has 3 heterocycles. The number of fused-ring (bicyclic) bond motifs is 2. The minimum atomic E-state index is -0.904. The number of carbonyl (C=O) groups is 2. The molecular formula is C21H21N3O3S. The molecule has 0 saturated heterocycles. The van der Waals surface area contributed by atoms with Gasteiger partial charge in [0.05, 0.1) is 5.69 Å². The molecule has 6 nitrogen and oxygen atoms in total. The van der Waals surface area contributed by atoms with Crippen LogP contribution in [0.3, 0.4) is 0 Å². The van der Waals surface area contributed by atoms with Crippen LogP contribution in [0.15, 0.2) is 30.3 Å². The quantitative estimate of drug-likeness (QED) is 0.685. The van der Waals surface area contributed by atoms with Crippen molar-refractivity contribution in [3.8, 4) is 0 Å². The number of nitrogens with two attached hydrogens (primary N) is 1. The van der Waals surface area contributed by atoms with Crippen molar-refractivity contribution in [3.63, 3.8) is 0 Å². The molecule has 0 fully saturated rings. The molecule has 0 spiro atoms. The summed E-state index contributed by atoms with van der Waals surface area (Å²) in [6.45, 7) is 6.02. The van der Waals surface area contributed by atoms with Gasteiger partial charge in [0.1, 0.15) is 9.71 Å². The van der Waals surface area contributed by atoms with Crippen LogP contribution < -0.4 is 10.6 Å². The summed E-state index contributed by atoms with van der Waals surface area (Å²) in [5.74, 6) is -0.825. The molecule has 0 saturated carbocycles. The number of nitrogen functional groups attached to an aromatic ring is 1. The van der Waals surface area contributed by atoms with Gasteiger partial charge in [0.25, 0.3) is 5.91 Å². The van der Waals surface area contributed by atoms with Crippen molar-refractivity contribution in [3.05, 3.63) is 52.0 Å². The number of amides is 1. The van der Waals surface area contributed by atoms with Crippen LogP contribution in [-0.2, 0) is 16.0 Å². The van der Waals surface area contributed by atoms with Gasteiger partial charge in [-0.25, -0.2) is 9.78 Å². The van der Waals surface area contributed by atoms with Crippen LogP contribution in [0.25, 0.3) is 10.2 Å². The zero-order valence-electron chi connectivity index (χ0n) is 16.0. The SMILES string of the molecule is Cc1cc(C)c2c(N)c(C(=O)OC(C)C(=O)N3CCc4ccccc43)sc2n1. The zero-order valence-corrected chi connectivity index (χ0v) is 16.8. The van der Waals surface area contributed by atoms with Gasteiger partial charge in [-0.1, -0.05) is 18.2 Å². The molecule has 28 heavy (non-hydrogen) atoms. The van der Waals surface area contributed by atoms with Crippen LogP contribution in [0.2, 0.25) is 0 Å². The Morgan fingerprint density at radius 2 is 2.04 bits per heavy atom. The third kappa shape index (κ3) is 3.01. The van der Waals surface area contributed by atoms with Crippen LogP contribution in [0, 0.1) is 13.8 Å². The number of hydrogen-bond donors (Lipinski definition) is 1. The number of benzene rings is 1. The van der Waals surface area contributed by atoms with Gasteiger partial charge in [-0.05, 0) is 50.5 Å². The summed E-state index contributed by atoms with van der Waals surface area (Å²) in [7, 11) is 0. The van der Waals surface area contributed by atoms with Crippen molar-refractivity contribution in [2.24, 2.45) is 0 Å². The molecule has 1 amide bonds. The van der Waals surface area contributed by atoms with E-state index in [2.05, 4.69) is 4.98 Å². The maximum absolute atomic E-state index is 12.8. The van der Waals surface area contributed by atoms with Gasteiger partial charge in [0.15, 0.2) is 6.10 Å². The number of aryl methyl sites for hydroxylation is 2. The Labute approximate surface area is 166 Å². The van der Waals surface area contributed by atoms with Crippen LogP contribution in [0.1, 0.15) is 33.4 Å². The Morgan fingerprint density at radius 3 is 2.82 bits per heavy atom. The van der Waals surface area contributed by atoms with E-state index >= 15 is 0 Å². The number of pyridine rings is 1. The van der Waals surface area contributed by atoms with Gasteiger partial charge in [0, 0.05) is 23.3 Å². The van der Waals surface area contributed by atoms with Crippen molar-refractivity contribution in [2.45, 2.75) is 33.3 Å². The molecule has 3 aromatic rings. The molecule has 144 valence electrons. The molecule has 7 heteroatoms. The molecule has 4 rings (SSSR count). The predicted octanol–water partition coefficient (Wildman–Crippen LogP) is 3.63. The predicted molar refractivity (Wildman–Crippen MR) is 111 cm³/mol. The molecule has 1 aliphatic rings. The van der Waals surface area contributed by atoms with Crippen molar-refractivity contribution in [1.29, 1.82) is 0 Å². The summed E-state index contributed by atoms with van der Waals surface area (Å²) >= 11 is 1.20. The first kappa shape index (κ1) is 18.4. The maximum Gasteiger partial charge on any atom is 0.351 e. The highest BCUT2D eigenvalue weighted by Crippen LogP contribution is 2.36. The Kier molecular flexibility index (Phi) is 4.55. The molecule has 2 aromatic heterocycles. The highest BCUT2D eigenvalue weighted by atomic mass is 32.1. The van der Waals surface area contributed by atoms with Gasteiger partial charge in [-0.2, -0.15) is 0 Å². The van der Waals surface area contributed by atoms with Crippen LogP contribution in [0.5, 0.6) is 0 Å². The van der Waals surface area contributed by atoms with Crippen molar-refractivity contribution >= 4 is 44.8 Å². The molecule has 2 N–H and O–H groups in total. The van der Waals surface area contributed by atoms with E-state index in [1.165, 1.54) is 11.3 Å². The number of para-hydroxylation sites is 1. The smallest absolute Gasteiger partial charge is 0.351 e. The molecular weight excluding hydrogens is 374 g/mol. The topological polar surface area (TPSA) is 85.5 Å². The van der Waals surface area contributed by atoms with E-state index in [4.69, 9.17) is 10.5 Å². The molecule has 0 radical (unpaired) electrons. The molecule has 1 unspecified atom stereocenters. The average Bonchev–Trinajstić information content (AvgIpc) is 3.22. The van der Waals surface area contributed by atoms with Gasteiger partial charge in [0.2, 0.25) is 0 Å². The maximum atomic E-state index is 12.8.